The molecule has 0 aliphatic carbocycles. The van der Waals surface area contributed by atoms with E-state index in [0.717, 1.165) is 5.56 Å². The Balaban J connectivity index is 1.83. The lowest BCUT2D eigenvalue weighted by molar-refractivity contribution is -0.136. The number of anilines is 1. The van der Waals surface area contributed by atoms with Crippen LogP contribution in [0.5, 0.6) is 0 Å². The van der Waals surface area contributed by atoms with Crippen molar-refractivity contribution in [1.29, 1.82) is 0 Å². The van der Waals surface area contributed by atoms with Crippen LogP contribution in [-0.2, 0) is 16.3 Å². The number of alkyl halides is 3. The number of benzene rings is 1. The molecule has 2 aromatic heterocycles. The molecule has 0 saturated heterocycles. The van der Waals surface area contributed by atoms with Crippen LogP contribution in [0.25, 0.3) is 11.1 Å². The van der Waals surface area contributed by atoms with Gasteiger partial charge < -0.3 is 9.32 Å². The maximum absolute atomic E-state index is 13.4. The van der Waals surface area contributed by atoms with E-state index in [2.05, 4.69) is 4.98 Å². The van der Waals surface area contributed by atoms with Gasteiger partial charge in [-0.05, 0) is 41.7 Å². The largest absolute Gasteiger partial charge is 0.417 e. The summed E-state index contributed by atoms with van der Waals surface area (Å²) in [5, 5.41) is -0.276. The zero-order chi connectivity index (χ0) is 22.7. The van der Waals surface area contributed by atoms with Crippen LogP contribution in [0.3, 0.4) is 0 Å². The first kappa shape index (κ1) is 21.3. The van der Waals surface area contributed by atoms with E-state index in [1.807, 2.05) is 6.92 Å². The first-order valence-corrected chi connectivity index (χ1v) is 10.7. The van der Waals surface area contributed by atoms with E-state index >= 15 is 0 Å². The van der Waals surface area contributed by atoms with Crippen molar-refractivity contribution in [3.05, 3.63) is 63.5 Å². The quantitative estimate of drug-likeness (QED) is 0.581. The summed E-state index contributed by atoms with van der Waals surface area (Å²) < 4.78 is 76.9. The van der Waals surface area contributed by atoms with Crippen LogP contribution in [0.1, 0.15) is 42.0 Å². The average molecular weight is 454 g/mol. The SMILES string of the molecule is CC1CC(c2ccc(S(=O)(=O)O)cc2)N(C)c2nc3oc(=O)cc(C(F)(F)F)c3cc21. The minimum absolute atomic E-state index is 0.178. The van der Waals surface area contributed by atoms with Gasteiger partial charge in [-0.1, -0.05) is 19.1 Å². The molecule has 0 bridgehead atoms. The summed E-state index contributed by atoms with van der Waals surface area (Å²) in [4.78, 5) is 17.4. The van der Waals surface area contributed by atoms with Crippen LogP contribution in [0, 0.1) is 0 Å². The molecule has 0 spiro atoms. The second-order valence-electron chi connectivity index (χ2n) is 7.54. The summed E-state index contributed by atoms with van der Waals surface area (Å²) in [6.45, 7) is 1.85. The van der Waals surface area contributed by atoms with Gasteiger partial charge in [0, 0.05) is 13.1 Å². The van der Waals surface area contributed by atoms with Crippen molar-refractivity contribution in [2.24, 2.45) is 0 Å². The lowest BCUT2D eigenvalue weighted by Gasteiger charge is -2.38. The topological polar surface area (TPSA) is 101 Å². The molecule has 0 saturated carbocycles. The highest BCUT2D eigenvalue weighted by Crippen LogP contribution is 2.45. The number of rotatable bonds is 2. The highest BCUT2D eigenvalue weighted by molar-refractivity contribution is 7.85. The number of fused-ring (bicyclic) bond motifs is 2. The summed E-state index contributed by atoms with van der Waals surface area (Å²) in [6.07, 6.45) is -4.20. The molecule has 1 aromatic carbocycles. The van der Waals surface area contributed by atoms with Gasteiger partial charge in [0.1, 0.15) is 5.82 Å². The summed E-state index contributed by atoms with van der Waals surface area (Å²) in [5.41, 5.74) is -1.32. The summed E-state index contributed by atoms with van der Waals surface area (Å²) in [5.74, 6) is 0.194. The lowest BCUT2D eigenvalue weighted by Crippen LogP contribution is -2.32. The molecular weight excluding hydrogens is 437 g/mol. The van der Waals surface area contributed by atoms with Gasteiger partial charge in [-0.3, -0.25) is 4.55 Å². The molecule has 2 atom stereocenters. The van der Waals surface area contributed by atoms with Gasteiger partial charge in [-0.25, -0.2) is 4.79 Å². The second kappa shape index (κ2) is 7.06. The van der Waals surface area contributed by atoms with Gasteiger partial charge in [-0.15, -0.1) is 0 Å². The first-order valence-electron chi connectivity index (χ1n) is 9.22. The minimum Gasteiger partial charge on any atom is -0.404 e. The molecule has 2 unspecified atom stereocenters. The van der Waals surface area contributed by atoms with Gasteiger partial charge in [-0.2, -0.15) is 26.6 Å². The van der Waals surface area contributed by atoms with Gasteiger partial charge in [0.25, 0.3) is 10.1 Å². The Morgan fingerprint density at radius 1 is 1.19 bits per heavy atom. The number of hydrogen-bond donors (Lipinski definition) is 1. The molecule has 0 radical (unpaired) electrons. The number of halogens is 3. The molecule has 11 heteroatoms. The number of hydrogen-bond acceptors (Lipinski definition) is 6. The van der Waals surface area contributed by atoms with E-state index in [4.69, 9.17) is 8.97 Å². The van der Waals surface area contributed by atoms with Crippen molar-refractivity contribution >= 4 is 27.0 Å². The summed E-state index contributed by atoms with van der Waals surface area (Å²) in [6, 6.07) is 7.20. The normalized spacial score (nSPS) is 19.5. The molecule has 1 aliphatic heterocycles. The fourth-order valence-electron chi connectivity index (χ4n) is 3.96. The molecule has 0 fully saturated rings. The molecule has 4 rings (SSSR count). The van der Waals surface area contributed by atoms with Crippen molar-refractivity contribution in [2.45, 2.75) is 36.4 Å². The predicted octanol–water partition coefficient (Wildman–Crippen LogP) is 4.14. The Labute approximate surface area is 174 Å². The maximum Gasteiger partial charge on any atom is 0.417 e. The molecule has 164 valence electrons. The second-order valence-corrected chi connectivity index (χ2v) is 8.96. The zero-order valence-corrected chi connectivity index (χ0v) is 17.2. The van der Waals surface area contributed by atoms with Gasteiger partial charge in [0.2, 0.25) is 5.71 Å². The van der Waals surface area contributed by atoms with Crippen LogP contribution in [0.2, 0.25) is 0 Å². The van der Waals surface area contributed by atoms with Gasteiger partial charge in [0.15, 0.2) is 0 Å². The van der Waals surface area contributed by atoms with Crippen LogP contribution < -0.4 is 10.5 Å². The Morgan fingerprint density at radius 3 is 2.42 bits per heavy atom. The van der Waals surface area contributed by atoms with E-state index in [-0.39, 0.29) is 22.2 Å². The third-order valence-electron chi connectivity index (χ3n) is 5.52. The smallest absolute Gasteiger partial charge is 0.404 e. The van der Waals surface area contributed by atoms with E-state index in [0.29, 0.717) is 23.9 Å². The third kappa shape index (κ3) is 3.79. The molecule has 0 amide bonds. The highest BCUT2D eigenvalue weighted by atomic mass is 32.2. The van der Waals surface area contributed by atoms with Crippen molar-refractivity contribution in [3.63, 3.8) is 0 Å². The predicted molar refractivity (Wildman–Crippen MR) is 106 cm³/mol. The van der Waals surface area contributed by atoms with Gasteiger partial charge in [0.05, 0.1) is 21.9 Å². The molecule has 1 N–H and O–H groups in total. The van der Waals surface area contributed by atoms with Crippen LogP contribution >= 0.6 is 0 Å². The highest BCUT2D eigenvalue weighted by Gasteiger charge is 2.37. The molecule has 1 aliphatic rings. The maximum atomic E-state index is 13.4. The van der Waals surface area contributed by atoms with E-state index in [1.54, 1.807) is 24.1 Å². The molecule has 3 aromatic rings. The van der Waals surface area contributed by atoms with Crippen molar-refractivity contribution in [1.82, 2.24) is 4.98 Å². The molecule has 3 heterocycles. The Kier molecular flexibility index (Phi) is 4.85. The lowest BCUT2D eigenvalue weighted by atomic mass is 9.85. The van der Waals surface area contributed by atoms with Crippen molar-refractivity contribution in [3.8, 4) is 0 Å². The summed E-state index contributed by atoms with van der Waals surface area (Å²) >= 11 is 0. The summed E-state index contributed by atoms with van der Waals surface area (Å²) in [7, 11) is -2.62. The molecular formula is C20H17F3N2O5S. The first-order chi connectivity index (χ1) is 14.4. The molecule has 7 nitrogen and oxygen atoms in total. The minimum atomic E-state index is -4.73. The van der Waals surface area contributed by atoms with E-state index in [1.165, 1.54) is 18.2 Å². The number of nitrogens with zero attached hydrogens (tertiary/aromatic N) is 2. The fourth-order valence-corrected chi connectivity index (χ4v) is 4.44. The Hall–Kier alpha value is -2.92. The van der Waals surface area contributed by atoms with E-state index < -0.39 is 33.2 Å². The standard InChI is InChI=1S/C20H17F3N2O5S/c1-10-7-16(11-3-5-12(6-4-11)31(27,28)29)25(2)18-13(10)8-14-15(20(21,22)23)9-17(26)30-19(14)24-18/h3-6,8-10,16H,7H2,1-2H3,(H,27,28,29). The number of aromatic nitrogens is 1. The van der Waals surface area contributed by atoms with E-state index in [9.17, 15) is 26.4 Å². The molecule has 31 heavy (non-hydrogen) atoms. The fraction of sp³-hybridized carbons (Fsp3) is 0.300. The Bertz CT molecular complexity index is 1330. The van der Waals surface area contributed by atoms with Crippen molar-refractivity contribution < 1.29 is 30.6 Å². The van der Waals surface area contributed by atoms with Crippen LogP contribution in [0.15, 0.2) is 50.5 Å². The van der Waals surface area contributed by atoms with Crippen molar-refractivity contribution in [2.75, 3.05) is 11.9 Å². The van der Waals surface area contributed by atoms with Crippen LogP contribution in [-0.4, -0.2) is 25.0 Å². The third-order valence-corrected chi connectivity index (χ3v) is 6.39. The van der Waals surface area contributed by atoms with Gasteiger partial charge >= 0.3 is 11.8 Å². The zero-order valence-electron chi connectivity index (χ0n) is 16.3. The van der Waals surface area contributed by atoms with Crippen LogP contribution in [0.4, 0.5) is 19.0 Å². The average Bonchev–Trinajstić information content (AvgIpc) is 2.67. The number of pyridine rings is 1. The Morgan fingerprint density at radius 2 is 1.84 bits per heavy atom. The monoisotopic (exact) mass is 454 g/mol.